The molecule has 21 heavy (non-hydrogen) atoms. The number of nitrogens with one attached hydrogen (secondary N) is 1. The van der Waals surface area contributed by atoms with Crippen LogP contribution in [0.1, 0.15) is 25.1 Å². The van der Waals surface area contributed by atoms with E-state index in [0.29, 0.717) is 29.0 Å². The van der Waals surface area contributed by atoms with E-state index >= 15 is 0 Å². The van der Waals surface area contributed by atoms with E-state index in [0.717, 1.165) is 17.7 Å². The molecular formula is C15H17N3O2S. The van der Waals surface area contributed by atoms with Crippen molar-refractivity contribution in [2.75, 3.05) is 0 Å². The van der Waals surface area contributed by atoms with E-state index < -0.39 is 0 Å². The number of hydrogen-bond donors (Lipinski definition) is 1. The highest BCUT2D eigenvalue weighted by molar-refractivity contribution is 7.71. The van der Waals surface area contributed by atoms with Crippen molar-refractivity contribution in [3.63, 3.8) is 0 Å². The van der Waals surface area contributed by atoms with Gasteiger partial charge in [-0.3, -0.25) is 9.36 Å². The zero-order valence-electron chi connectivity index (χ0n) is 12.1. The van der Waals surface area contributed by atoms with Crippen LogP contribution in [-0.4, -0.2) is 20.1 Å². The van der Waals surface area contributed by atoms with Gasteiger partial charge in [-0.2, -0.15) is 0 Å². The Balaban J connectivity index is 2.27. The van der Waals surface area contributed by atoms with Gasteiger partial charge in [0.25, 0.3) is 5.56 Å². The second-order valence-electron chi connectivity index (χ2n) is 5.85. The van der Waals surface area contributed by atoms with Crippen LogP contribution in [-0.2, 0) is 24.3 Å². The second-order valence-corrected chi connectivity index (χ2v) is 6.24. The first-order chi connectivity index (χ1) is 9.91. The summed E-state index contributed by atoms with van der Waals surface area (Å²) in [6.07, 6.45) is 2.39. The monoisotopic (exact) mass is 303 g/mol. The third kappa shape index (κ3) is 2.45. The second kappa shape index (κ2) is 4.89. The first-order valence-electron chi connectivity index (χ1n) is 6.82. The van der Waals surface area contributed by atoms with Crippen molar-refractivity contribution in [2.24, 2.45) is 0 Å². The first kappa shape index (κ1) is 14.2. The van der Waals surface area contributed by atoms with Crippen LogP contribution in [0.3, 0.4) is 0 Å². The molecule has 2 aromatic rings. The summed E-state index contributed by atoms with van der Waals surface area (Å²) in [6, 6.07) is 1.91. The van der Waals surface area contributed by atoms with Crippen LogP contribution in [0.2, 0.25) is 0 Å². The van der Waals surface area contributed by atoms with E-state index in [9.17, 15) is 4.79 Å². The van der Waals surface area contributed by atoms with Crippen LogP contribution in [0.15, 0.2) is 23.5 Å². The molecule has 5 nitrogen and oxygen atoms in total. The van der Waals surface area contributed by atoms with Crippen LogP contribution in [0, 0.1) is 4.77 Å². The number of hydrogen-bond acceptors (Lipinski definition) is 4. The summed E-state index contributed by atoms with van der Waals surface area (Å²) in [5.74, 6) is 0. The predicted molar refractivity (Wildman–Crippen MR) is 84.0 cm³/mol. The fourth-order valence-electron chi connectivity index (χ4n) is 2.60. The van der Waals surface area contributed by atoms with Crippen molar-refractivity contribution in [3.8, 4) is 0 Å². The van der Waals surface area contributed by atoms with E-state index in [2.05, 4.69) is 16.5 Å². The summed E-state index contributed by atoms with van der Waals surface area (Å²) in [7, 11) is 0. The van der Waals surface area contributed by atoms with Gasteiger partial charge in [0.1, 0.15) is 5.65 Å². The number of H-pyrrole nitrogens is 1. The molecule has 6 heteroatoms. The lowest BCUT2D eigenvalue weighted by Gasteiger charge is -2.31. The molecule has 0 amide bonds. The van der Waals surface area contributed by atoms with E-state index in [1.165, 1.54) is 4.57 Å². The van der Waals surface area contributed by atoms with Crippen molar-refractivity contribution < 1.29 is 4.74 Å². The van der Waals surface area contributed by atoms with Crippen molar-refractivity contribution >= 4 is 23.3 Å². The van der Waals surface area contributed by atoms with Gasteiger partial charge in [-0.05, 0) is 37.7 Å². The van der Waals surface area contributed by atoms with Gasteiger partial charge in [0.2, 0.25) is 0 Å². The highest BCUT2D eigenvalue weighted by Gasteiger charge is 2.27. The molecule has 0 spiro atoms. The summed E-state index contributed by atoms with van der Waals surface area (Å²) in [5.41, 5.74) is 2.09. The van der Waals surface area contributed by atoms with Crippen LogP contribution in [0.25, 0.3) is 11.0 Å². The molecule has 3 rings (SSSR count). The quantitative estimate of drug-likeness (QED) is 0.684. The van der Waals surface area contributed by atoms with Gasteiger partial charge in [-0.25, -0.2) is 4.98 Å². The van der Waals surface area contributed by atoms with Crippen LogP contribution < -0.4 is 5.56 Å². The maximum absolute atomic E-state index is 12.5. The number of rotatable bonds is 2. The highest BCUT2D eigenvalue weighted by atomic mass is 32.1. The first-order valence-corrected chi connectivity index (χ1v) is 7.22. The van der Waals surface area contributed by atoms with Gasteiger partial charge in [0, 0.05) is 13.0 Å². The number of fused-ring (bicyclic) bond motifs is 2. The summed E-state index contributed by atoms with van der Waals surface area (Å²) < 4.78 is 7.61. The molecule has 1 aliphatic rings. The minimum absolute atomic E-state index is 0.131. The molecule has 0 aliphatic carbocycles. The molecule has 0 aromatic carbocycles. The largest absolute Gasteiger partial charge is 0.369 e. The highest BCUT2D eigenvalue weighted by Crippen LogP contribution is 2.27. The van der Waals surface area contributed by atoms with Crippen molar-refractivity contribution in [2.45, 2.75) is 39.0 Å². The molecule has 0 atom stereocenters. The molecule has 0 radical (unpaired) electrons. The normalized spacial score (nSPS) is 16.7. The van der Waals surface area contributed by atoms with E-state index in [1.807, 2.05) is 19.9 Å². The molecule has 0 unspecified atom stereocenters. The van der Waals surface area contributed by atoms with Gasteiger partial charge in [0.05, 0.1) is 23.3 Å². The van der Waals surface area contributed by atoms with E-state index in [-0.39, 0.29) is 11.2 Å². The van der Waals surface area contributed by atoms with E-state index in [1.54, 1.807) is 6.08 Å². The zero-order valence-corrected chi connectivity index (χ0v) is 12.9. The molecule has 2 aromatic heterocycles. The Morgan fingerprint density at radius 3 is 3.10 bits per heavy atom. The lowest BCUT2D eigenvalue weighted by Crippen LogP contribution is -2.33. The van der Waals surface area contributed by atoms with Crippen LogP contribution >= 0.6 is 12.2 Å². The number of allylic oxidation sites excluding steroid dienone is 1. The summed E-state index contributed by atoms with van der Waals surface area (Å²) in [6.45, 7) is 8.57. The van der Waals surface area contributed by atoms with Gasteiger partial charge in [-0.1, -0.05) is 6.08 Å². The predicted octanol–water partition coefficient (Wildman–Crippen LogP) is 2.49. The van der Waals surface area contributed by atoms with Crippen LogP contribution in [0.5, 0.6) is 0 Å². The fraction of sp³-hybridized carbons (Fsp3) is 0.400. The maximum atomic E-state index is 12.5. The molecule has 1 aliphatic heterocycles. The Morgan fingerprint density at radius 1 is 1.62 bits per heavy atom. The SMILES string of the molecule is C=CCn1c(=S)[nH]c2nc3c(cc2c1=O)CC(C)(C)OC3. The van der Waals surface area contributed by atoms with Crippen LogP contribution in [0.4, 0.5) is 0 Å². The third-order valence-corrected chi connectivity index (χ3v) is 3.99. The lowest BCUT2D eigenvalue weighted by molar-refractivity contribution is -0.0418. The Kier molecular flexibility index (Phi) is 3.30. The molecule has 1 N–H and O–H groups in total. The smallest absolute Gasteiger partial charge is 0.264 e. The lowest BCUT2D eigenvalue weighted by atomic mass is 9.94. The maximum Gasteiger partial charge on any atom is 0.264 e. The molecule has 0 saturated heterocycles. The Hall–Kier alpha value is -1.79. The van der Waals surface area contributed by atoms with Gasteiger partial charge >= 0.3 is 0 Å². The zero-order chi connectivity index (χ0) is 15.2. The summed E-state index contributed by atoms with van der Waals surface area (Å²) in [5, 5.41) is 0.557. The topological polar surface area (TPSA) is 59.9 Å². The van der Waals surface area contributed by atoms with Gasteiger partial charge in [-0.15, -0.1) is 6.58 Å². The standard InChI is InChI=1S/C15H17N3O2S/c1-4-5-18-13(19)10-6-9-7-15(2,3)20-8-11(9)16-12(10)17-14(18)21/h4,6H,1,5,7-8H2,2-3H3,(H,16,17,21). The molecular weight excluding hydrogens is 286 g/mol. The number of aromatic amines is 1. The number of aromatic nitrogens is 3. The molecule has 0 fully saturated rings. The summed E-state index contributed by atoms with van der Waals surface area (Å²) >= 11 is 5.21. The molecule has 110 valence electrons. The average molecular weight is 303 g/mol. The van der Waals surface area contributed by atoms with Crippen molar-refractivity contribution in [1.82, 2.24) is 14.5 Å². The molecule has 3 heterocycles. The van der Waals surface area contributed by atoms with Gasteiger partial charge < -0.3 is 9.72 Å². The number of nitrogens with zero attached hydrogens (tertiary/aromatic N) is 2. The van der Waals surface area contributed by atoms with Gasteiger partial charge in [0.15, 0.2) is 4.77 Å². The minimum atomic E-state index is -0.232. The number of ether oxygens (including phenoxy) is 1. The van der Waals surface area contributed by atoms with E-state index in [4.69, 9.17) is 17.0 Å². The molecule has 0 bridgehead atoms. The molecule has 0 saturated carbocycles. The van der Waals surface area contributed by atoms with Crippen molar-refractivity contribution in [1.29, 1.82) is 0 Å². The average Bonchev–Trinajstić information content (AvgIpc) is 2.41. The minimum Gasteiger partial charge on any atom is -0.369 e. The third-order valence-electron chi connectivity index (χ3n) is 3.66. The Labute approximate surface area is 127 Å². The van der Waals surface area contributed by atoms with Crippen molar-refractivity contribution in [3.05, 3.63) is 45.1 Å². The Bertz CT molecular complexity index is 848. The summed E-state index contributed by atoms with van der Waals surface area (Å²) in [4.78, 5) is 20.1. The Morgan fingerprint density at radius 2 is 2.38 bits per heavy atom. The fourth-order valence-corrected chi connectivity index (χ4v) is 2.86. The number of pyridine rings is 1.